The Labute approximate surface area is 103 Å². The monoisotopic (exact) mass is 236 g/mol. The van der Waals surface area contributed by atoms with Crippen LogP contribution >= 0.6 is 0 Å². The van der Waals surface area contributed by atoms with Gasteiger partial charge in [0, 0.05) is 0 Å². The van der Waals surface area contributed by atoms with Crippen molar-refractivity contribution in [1.29, 1.82) is 0 Å². The highest BCUT2D eigenvalue weighted by molar-refractivity contribution is 5.74. The number of benzene rings is 1. The standard InChI is InChI=1S/C14H20O3/c1-5-16-14(15)11(4)17-13-8-6-12(7-9-13)10(2)3/h6-11H,5H2,1-4H3. The van der Waals surface area contributed by atoms with Gasteiger partial charge in [-0.2, -0.15) is 0 Å². The maximum atomic E-state index is 11.4. The van der Waals surface area contributed by atoms with Crippen molar-refractivity contribution < 1.29 is 14.3 Å². The number of carbonyl (C=O) groups excluding carboxylic acids is 1. The molecule has 1 unspecified atom stereocenters. The summed E-state index contributed by atoms with van der Waals surface area (Å²) in [5, 5.41) is 0. The molecule has 94 valence electrons. The average Bonchev–Trinajstić information content (AvgIpc) is 2.30. The van der Waals surface area contributed by atoms with Crippen LogP contribution in [0, 0.1) is 0 Å². The first kappa shape index (κ1) is 13.6. The van der Waals surface area contributed by atoms with Crippen molar-refractivity contribution >= 4 is 5.97 Å². The Morgan fingerprint density at radius 3 is 2.24 bits per heavy atom. The maximum Gasteiger partial charge on any atom is 0.347 e. The van der Waals surface area contributed by atoms with Gasteiger partial charge in [0.25, 0.3) is 0 Å². The van der Waals surface area contributed by atoms with Gasteiger partial charge in [-0.05, 0) is 37.5 Å². The number of hydrogen-bond donors (Lipinski definition) is 0. The van der Waals surface area contributed by atoms with E-state index in [0.717, 1.165) is 0 Å². The van der Waals surface area contributed by atoms with Crippen molar-refractivity contribution in [2.24, 2.45) is 0 Å². The predicted molar refractivity (Wildman–Crippen MR) is 67.3 cm³/mol. The first-order valence-electron chi connectivity index (χ1n) is 5.97. The number of hydrogen-bond acceptors (Lipinski definition) is 3. The van der Waals surface area contributed by atoms with E-state index < -0.39 is 6.10 Å². The van der Waals surface area contributed by atoms with Crippen LogP contribution in [-0.2, 0) is 9.53 Å². The minimum Gasteiger partial charge on any atom is -0.479 e. The Kier molecular flexibility index (Phi) is 5.01. The SMILES string of the molecule is CCOC(=O)C(C)Oc1ccc(C(C)C)cc1. The zero-order chi connectivity index (χ0) is 12.8. The molecule has 0 saturated heterocycles. The number of esters is 1. The third-order valence-electron chi connectivity index (χ3n) is 2.48. The summed E-state index contributed by atoms with van der Waals surface area (Å²) in [5.74, 6) is 0.849. The molecule has 17 heavy (non-hydrogen) atoms. The molecule has 0 aliphatic heterocycles. The summed E-state index contributed by atoms with van der Waals surface area (Å²) in [7, 11) is 0. The van der Waals surface area contributed by atoms with E-state index in [4.69, 9.17) is 9.47 Å². The highest BCUT2D eigenvalue weighted by Crippen LogP contribution is 2.19. The predicted octanol–water partition coefficient (Wildman–Crippen LogP) is 3.14. The van der Waals surface area contributed by atoms with E-state index in [2.05, 4.69) is 13.8 Å². The lowest BCUT2D eigenvalue weighted by Crippen LogP contribution is -2.26. The first-order valence-corrected chi connectivity index (χ1v) is 5.97. The molecule has 0 amide bonds. The molecule has 0 saturated carbocycles. The fourth-order valence-electron chi connectivity index (χ4n) is 1.44. The summed E-state index contributed by atoms with van der Waals surface area (Å²) in [6.45, 7) is 8.11. The number of carbonyl (C=O) groups is 1. The average molecular weight is 236 g/mol. The summed E-state index contributed by atoms with van der Waals surface area (Å²) in [5.41, 5.74) is 1.25. The third-order valence-corrected chi connectivity index (χ3v) is 2.48. The van der Waals surface area contributed by atoms with Gasteiger partial charge in [-0.3, -0.25) is 0 Å². The highest BCUT2D eigenvalue weighted by Gasteiger charge is 2.15. The van der Waals surface area contributed by atoms with Crippen LogP contribution in [0.2, 0.25) is 0 Å². The minimum absolute atomic E-state index is 0.333. The Morgan fingerprint density at radius 1 is 1.18 bits per heavy atom. The molecule has 0 N–H and O–H groups in total. The maximum absolute atomic E-state index is 11.4. The second kappa shape index (κ2) is 6.28. The quantitative estimate of drug-likeness (QED) is 0.737. The first-order chi connectivity index (χ1) is 8.04. The molecule has 1 atom stereocenters. The van der Waals surface area contributed by atoms with Gasteiger partial charge in [0.15, 0.2) is 6.10 Å². The van der Waals surface area contributed by atoms with Crippen LogP contribution in [0.4, 0.5) is 0 Å². The summed E-state index contributed by atoms with van der Waals surface area (Å²) in [6.07, 6.45) is -0.570. The molecule has 0 heterocycles. The van der Waals surface area contributed by atoms with Gasteiger partial charge in [0.2, 0.25) is 0 Å². The molecule has 0 aliphatic rings. The Balaban J connectivity index is 2.60. The lowest BCUT2D eigenvalue weighted by molar-refractivity contribution is -0.150. The molecule has 0 radical (unpaired) electrons. The smallest absolute Gasteiger partial charge is 0.347 e. The molecule has 0 bridgehead atoms. The number of rotatable bonds is 5. The third kappa shape index (κ3) is 4.10. The zero-order valence-electron chi connectivity index (χ0n) is 10.9. The molecule has 0 aliphatic carbocycles. The summed E-state index contributed by atoms with van der Waals surface area (Å²) in [4.78, 5) is 11.4. The molecule has 0 fully saturated rings. The van der Waals surface area contributed by atoms with E-state index in [1.807, 2.05) is 24.3 Å². The Bertz CT molecular complexity index is 354. The normalized spacial score (nSPS) is 12.3. The Morgan fingerprint density at radius 2 is 1.76 bits per heavy atom. The van der Waals surface area contributed by atoms with Crippen molar-refractivity contribution in [2.75, 3.05) is 6.61 Å². The van der Waals surface area contributed by atoms with Gasteiger partial charge in [-0.15, -0.1) is 0 Å². The fourth-order valence-corrected chi connectivity index (χ4v) is 1.44. The summed E-state index contributed by atoms with van der Waals surface area (Å²) in [6, 6.07) is 7.78. The largest absolute Gasteiger partial charge is 0.479 e. The fraction of sp³-hybridized carbons (Fsp3) is 0.500. The van der Waals surface area contributed by atoms with Gasteiger partial charge in [-0.1, -0.05) is 26.0 Å². The van der Waals surface area contributed by atoms with Crippen LogP contribution in [0.3, 0.4) is 0 Å². The number of ether oxygens (including phenoxy) is 2. The molecule has 0 aromatic heterocycles. The molecule has 3 heteroatoms. The molecule has 1 aromatic rings. The van der Waals surface area contributed by atoms with E-state index in [1.54, 1.807) is 13.8 Å². The van der Waals surface area contributed by atoms with Gasteiger partial charge < -0.3 is 9.47 Å². The van der Waals surface area contributed by atoms with Gasteiger partial charge in [0.05, 0.1) is 6.61 Å². The van der Waals surface area contributed by atoms with Crippen molar-refractivity contribution in [3.63, 3.8) is 0 Å². The van der Waals surface area contributed by atoms with Crippen molar-refractivity contribution in [2.45, 2.75) is 39.7 Å². The zero-order valence-corrected chi connectivity index (χ0v) is 10.9. The van der Waals surface area contributed by atoms with Crippen LogP contribution < -0.4 is 4.74 Å². The van der Waals surface area contributed by atoms with Crippen LogP contribution in [0.25, 0.3) is 0 Å². The van der Waals surface area contributed by atoms with E-state index in [0.29, 0.717) is 18.3 Å². The van der Waals surface area contributed by atoms with E-state index in [9.17, 15) is 4.79 Å². The van der Waals surface area contributed by atoms with Crippen LogP contribution in [0.1, 0.15) is 39.2 Å². The molecule has 0 spiro atoms. The summed E-state index contributed by atoms with van der Waals surface area (Å²) >= 11 is 0. The van der Waals surface area contributed by atoms with E-state index >= 15 is 0 Å². The molecule has 1 aromatic carbocycles. The van der Waals surface area contributed by atoms with E-state index in [1.165, 1.54) is 5.56 Å². The summed E-state index contributed by atoms with van der Waals surface area (Å²) < 4.78 is 10.4. The van der Waals surface area contributed by atoms with Gasteiger partial charge in [-0.25, -0.2) is 4.79 Å². The second-order valence-corrected chi connectivity index (χ2v) is 4.24. The minimum atomic E-state index is -0.570. The van der Waals surface area contributed by atoms with Crippen molar-refractivity contribution in [3.8, 4) is 5.75 Å². The molecular weight excluding hydrogens is 216 g/mol. The van der Waals surface area contributed by atoms with E-state index in [-0.39, 0.29) is 5.97 Å². The van der Waals surface area contributed by atoms with Crippen LogP contribution in [0.5, 0.6) is 5.75 Å². The Hall–Kier alpha value is -1.51. The van der Waals surface area contributed by atoms with Crippen molar-refractivity contribution in [1.82, 2.24) is 0 Å². The topological polar surface area (TPSA) is 35.5 Å². The van der Waals surface area contributed by atoms with Crippen molar-refractivity contribution in [3.05, 3.63) is 29.8 Å². The lowest BCUT2D eigenvalue weighted by Gasteiger charge is -2.14. The van der Waals surface area contributed by atoms with Crippen LogP contribution in [0.15, 0.2) is 24.3 Å². The lowest BCUT2D eigenvalue weighted by atomic mass is 10.0. The van der Waals surface area contributed by atoms with Crippen LogP contribution in [-0.4, -0.2) is 18.7 Å². The van der Waals surface area contributed by atoms with Gasteiger partial charge >= 0.3 is 5.97 Å². The molecule has 3 nitrogen and oxygen atoms in total. The molecular formula is C14H20O3. The highest BCUT2D eigenvalue weighted by atomic mass is 16.6. The van der Waals surface area contributed by atoms with Gasteiger partial charge in [0.1, 0.15) is 5.75 Å². The second-order valence-electron chi connectivity index (χ2n) is 4.24. The molecule has 1 rings (SSSR count).